The Bertz CT molecular complexity index is 907. The first-order chi connectivity index (χ1) is 13.4. The fraction of sp³-hybridized carbons (Fsp3) is 0.435. The molecule has 148 valence electrons. The van der Waals surface area contributed by atoms with Gasteiger partial charge in [-0.05, 0) is 81.1 Å². The number of carbonyl (C=O) groups excluding carboxylic acids is 1. The molecule has 3 nitrogen and oxygen atoms in total. The van der Waals surface area contributed by atoms with Crippen molar-refractivity contribution in [3.63, 3.8) is 0 Å². The zero-order valence-electron chi connectivity index (χ0n) is 16.5. The number of likely N-dealkylation sites (tertiary alicyclic amines) is 1. The van der Waals surface area contributed by atoms with Gasteiger partial charge in [0.1, 0.15) is 5.54 Å². The van der Waals surface area contributed by atoms with Crippen LogP contribution in [0.3, 0.4) is 0 Å². The van der Waals surface area contributed by atoms with Crippen LogP contribution in [0, 0.1) is 6.92 Å². The fourth-order valence-corrected chi connectivity index (χ4v) is 5.20. The van der Waals surface area contributed by atoms with E-state index >= 15 is 0 Å². The second-order valence-corrected chi connectivity index (χ2v) is 8.82. The van der Waals surface area contributed by atoms with Crippen molar-refractivity contribution in [3.05, 3.63) is 63.1 Å². The molecule has 2 aliphatic heterocycles. The van der Waals surface area contributed by atoms with Crippen molar-refractivity contribution in [1.82, 2.24) is 4.90 Å². The fourth-order valence-electron chi connectivity index (χ4n) is 4.91. The summed E-state index contributed by atoms with van der Waals surface area (Å²) in [6, 6.07) is 12.1. The Balaban J connectivity index is 1.90. The molecule has 2 aliphatic rings. The molecule has 2 heterocycles. The van der Waals surface area contributed by atoms with E-state index in [1.165, 1.54) is 24.0 Å². The minimum atomic E-state index is -0.707. The van der Waals surface area contributed by atoms with E-state index in [1.54, 1.807) is 6.92 Å². The summed E-state index contributed by atoms with van der Waals surface area (Å²) in [4.78, 5) is 18.1. The number of aryl methyl sites for hydroxylation is 1. The normalized spacial score (nSPS) is 22.4. The van der Waals surface area contributed by atoms with Gasteiger partial charge in [-0.1, -0.05) is 41.4 Å². The highest BCUT2D eigenvalue weighted by atomic mass is 35.5. The lowest BCUT2D eigenvalue weighted by Crippen LogP contribution is -2.60. The summed E-state index contributed by atoms with van der Waals surface area (Å²) in [5.41, 5.74) is 3.97. The minimum absolute atomic E-state index is 0.178. The number of ketones is 1. The van der Waals surface area contributed by atoms with Crippen molar-refractivity contribution in [2.45, 2.75) is 38.6 Å². The van der Waals surface area contributed by atoms with E-state index in [2.05, 4.69) is 34.9 Å². The quantitative estimate of drug-likeness (QED) is 0.680. The smallest absolute Gasteiger partial charge is 0.161 e. The third kappa shape index (κ3) is 3.24. The van der Waals surface area contributed by atoms with E-state index in [0.717, 1.165) is 37.3 Å². The topological polar surface area (TPSA) is 23.6 Å². The van der Waals surface area contributed by atoms with Gasteiger partial charge in [0.05, 0.1) is 10.0 Å². The number of benzene rings is 2. The number of anilines is 1. The molecule has 0 aliphatic carbocycles. The third-order valence-electron chi connectivity index (χ3n) is 6.35. The molecular formula is C23H26Cl2N2O. The van der Waals surface area contributed by atoms with Gasteiger partial charge >= 0.3 is 0 Å². The maximum Gasteiger partial charge on any atom is 0.161 e. The summed E-state index contributed by atoms with van der Waals surface area (Å²) in [5.74, 6) is 0.178. The summed E-state index contributed by atoms with van der Waals surface area (Å²) >= 11 is 12.5. The average Bonchev–Trinajstić information content (AvgIpc) is 3.17. The Labute approximate surface area is 177 Å². The van der Waals surface area contributed by atoms with Gasteiger partial charge in [-0.3, -0.25) is 4.79 Å². The van der Waals surface area contributed by atoms with Crippen LogP contribution < -0.4 is 4.90 Å². The highest BCUT2D eigenvalue weighted by Crippen LogP contribution is 2.43. The number of rotatable bonds is 4. The molecule has 1 saturated heterocycles. The predicted octanol–water partition coefficient (Wildman–Crippen LogP) is 5.24. The van der Waals surface area contributed by atoms with Crippen LogP contribution in [0.2, 0.25) is 10.0 Å². The zero-order chi connectivity index (χ0) is 19.9. The van der Waals surface area contributed by atoms with Crippen LogP contribution >= 0.6 is 23.2 Å². The summed E-state index contributed by atoms with van der Waals surface area (Å²) in [7, 11) is 0. The molecule has 0 N–H and O–H groups in total. The number of hydrogen-bond acceptors (Lipinski definition) is 3. The van der Waals surface area contributed by atoms with Gasteiger partial charge in [0.15, 0.2) is 5.78 Å². The first-order valence-electron chi connectivity index (χ1n) is 9.98. The molecule has 0 bridgehead atoms. The van der Waals surface area contributed by atoms with Crippen molar-refractivity contribution in [1.29, 1.82) is 0 Å². The molecule has 0 radical (unpaired) electrons. The Morgan fingerprint density at radius 3 is 2.50 bits per heavy atom. The Kier molecular flexibility index (Phi) is 5.43. The second-order valence-electron chi connectivity index (χ2n) is 8.00. The highest BCUT2D eigenvalue weighted by molar-refractivity contribution is 6.42. The molecule has 0 saturated carbocycles. The van der Waals surface area contributed by atoms with Crippen LogP contribution in [0.25, 0.3) is 0 Å². The van der Waals surface area contributed by atoms with Crippen molar-refractivity contribution in [3.8, 4) is 0 Å². The highest BCUT2D eigenvalue weighted by Gasteiger charge is 2.48. The first kappa shape index (κ1) is 19.8. The van der Waals surface area contributed by atoms with Crippen LogP contribution in [0.1, 0.15) is 36.5 Å². The van der Waals surface area contributed by atoms with E-state index in [0.29, 0.717) is 16.6 Å². The maximum absolute atomic E-state index is 13.4. The lowest BCUT2D eigenvalue weighted by Gasteiger charge is -2.50. The molecule has 28 heavy (non-hydrogen) atoms. The Hall–Kier alpha value is -1.55. The van der Waals surface area contributed by atoms with Gasteiger partial charge in [0.25, 0.3) is 0 Å². The van der Waals surface area contributed by atoms with Crippen molar-refractivity contribution in [2.75, 3.05) is 31.1 Å². The third-order valence-corrected chi connectivity index (χ3v) is 7.09. The molecule has 1 fully saturated rings. The molecule has 5 heteroatoms. The Morgan fingerprint density at radius 1 is 1.07 bits per heavy atom. The van der Waals surface area contributed by atoms with E-state index in [4.69, 9.17) is 23.2 Å². The van der Waals surface area contributed by atoms with E-state index in [9.17, 15) is 4.79 Å². The number of carbonyl (C=O) groups is 1. The van der Waals surface area contributed by atoms with Gasteiger partial charge in [-0.2, -0.15) is 0 Å². The molecule has 4 rings (SSSR count). The van der Waals surface area contributed by atoms with E-state index in [-0.39, 0.29) is 5.78 Å². The van der Waals surface area contributed by atoms with Crippen molar-refractivity contribution < 1.29 is 4.79 Å². The summed E-state index contributed by atoms with van der Waals surface area (Å²) in [6.45, 7) is 7.46. The zero-order valence-corrected chi connectivity index (χ0v) is 18.0. The largest absolute Gasteiger partial charge is 0.354 e. The van der Waals surface area contributed by atoms with Crippen LogP contribution in [-0.2, 0) is 16.8 Å². The monoisotopic (exact) mass is 416 g/mol. The van der Waals surface area contributed by atoms with E-state index in [1.807, 2.05) is 18.2 Å². The summed E-state index contributed by atoms with van der Waals surface area (Å²) in [5, 5.41) is 1.06. The van der Waals surface area contributed by atoms with Crippen molar-refractivity contribution in [2.24, 2.45) is 0 Å². The predicted molar refractivity (Wildman–Crippen MR) is 117 cm³/mol. The van der Waals surface area contributed by atoms with Crippen LogP contribution in [-0.4, -0.2) is 36.9 Å². The lowest BCUT2D eigenvalue weighted by molar-refractivity contribution is -0.123. The lowest BCUT2D eigenvalue weighted by atomic mass is 9.75. The molecule has 2 aromatic rings. The number of hydrogen-bond donors (Lipinski definition) is 0. The minimum Gasteiger partial charge on any atom is -0.354 e. The van der Waals surface area contributed by atoms with Crippen LogP contribution in [0.4, 0.5) is 5.69 Å². The standard InChI is InChI=1S/C23H26Cl2N2O/c1-16-6-5-7-20-19(16)10-13-27(18-8-9-21(24)22(25)14-18)23(20,17(2)28)15-26-11-3-4-12-26/h5-9,14H,3-4,10-13,15H2,1-2H3. The molecule has 0 spiro atoms. The molecule has 0 aromatic heterocycles. The number of fused-ring (bicyclic) bond motifs is 1. The number of Topliss-reactive ketones (excluding diaryl/α,β-unsaturated/α-hetero) is 1. The SMILES string of the molecule is CC(=O)C1(CN2CCCC2)c2cccc(C)c2CCN1c1ccc(Cl)c(Cl)c1. The first-order valence-corrected chi connectivity index (χ1v) is 10.7. The van der Waals surface area contributed by atoms with Crippen molar-refractivity contribution >= 4 is 34.7 Å². The van der Waals surface area contributed by atoms with Crippen LogP contribution in [0.15, 0.2) is 36.4 Å². The molecular weight excluding hydrogens is 391 g/mol. The Morgan fingerprint density at radius 2 is 1.82 bits per heavy atom. The second kappa shape index (κ2) is 7.70. The number of nitrogens with zero attached hydrogens (tertiary/aromatic N) is 2. The van der Waals surface area contributed by atoms with Crippen LogP contribution in [0.5, 0.6) is 0 Å². The average molecular weight is 417 g/mol. The van der Waals surface area contributed by atoms with Gasteiger partial charge in [-0.15, -0.1) is 0 Å². The molecule has 1 atom stereocenters. The van der Waals surface area contributed by atoms with E-state index < -0.39 is 5.54 Å². The van der Waals surface area contributed by atoms with Gasteiger partial charge in [0, 0.05) is 18.8 Å². The summed E-state index contributed by atoms with van der Waals surface area (Å²) < 4.78 is 0. The molecule has 2 aromatic carbocycles. The van der Waals surface area contributed by atoms with Gasteiger partial charge in [0.2, 0.25) is 0 Å². The summed E-state index contributed by atoms with van der Waals surface area (Å²) in [6.07, 6.45) is 3.31. The van der Waals surface area contributed by atoms with Gasteiger partial charge < -0.3 is 9.80 Å². The molecule has 0 amide bonds. The van der Waals surface area contributed by atoms with Gasteiger partial charge in [-0.25, -0.2) is 0 Å². The molecule has 1 unspecified atom stereocenters. The number of halogens is 2. The maximum atomic E-state index is 13.4.